The lowest BCUT2D eigenvalue weighted by Crippen LogP contribution is -2.16. The lowest BCUT2D eigenvalue weighted by atomic mass is 10.4. The van der Waals surface area contributed by atoms with Gasteiger partial charge in [0.2, 0.25) is 20.0 Å². The maximum Gasteiger partial charge on any atom is 0.238 e. The average Bonchev–Trinajstić information content (AvgIpc) is 1.99. The van der Waals surface area contributed by atoms with Gasteiger partial charge in [-0.3, -0.25) is 0 Å². The van der Waals surface area contributed by atoms with Crippen molar-refractivity contribution in [2.75, 3.05) is 0 Å². The molecule has 0 aliphatic rings. The van der Waals surface area contributed by atoms with Gasteiger partial charge in [-0.05, 0) is 18.2 Å². The number of halogens is 1. The molecule has 0 heterocycles. The van der Waals surface area contributed by atoms with E-state index in [4.69, 9.17) is 21.9 Å². The van der Waals surface area contributed by atoms with Crippen LogP contribution in [0.5, 0.6) is 0 Å². The molecule has 0 radical (unpaired) electrons. The van der Waals surface area contributed by atoms with Crippen molar-refractivity contribution in [2.45, 2.75) is 9.79 Å². The number of hydrogen-bond acceptors (Lipinski definition) is 4. The second-order valence-corrected chi connectivity index (χ2v) is 6.27. The molecule has 1 aromatic rings. The van der Waals surface area contributed by atoms with Gasteiger partial charge in [0.05, 0.1) is 9.79 Å². The van der Waals surface area contributed by atoms with Crippen molar-refractivity contribution in [3.63, 3.8) is 0 Å². The van der Waals surface area contributed by atoms with Crippen LogP contribution in [0.2, 0.25) is 5.02 Å². The maximum absolute atomic E-state index is 10.9. The molecular formula is C6H7ClN2O4S2. The summed E-state index contributed by atoms with van der Waals surface area (Å²) in [6.07, 6.45) is 0. The SMILES string of the molecule is NS(=O)(=O)c1cc(Cl)cc(S(N)(=O)=O)c1. The quantitative estimate of drug-likeness (QED) is 0.762. The third-order valence-electron chi connectivity index (χ3n) is 1.50. The van der Waals surface area contributed by atoms with E-state index in [9.17, 15) is 16.8 Å². The molecule has 0 atom stereocenters. The zero-order chi connectivity index (χ0) is 11.9. The number of nitrogens with two attached hydrogens (primary N) is 2. The fraction of sp³-hybridized carbons (Fsp3) is 0. The van der Waals surface area contributed by atoms with Crippen molar-refractivity contribution in [1.29, 1.82) is 0 Å². The molecule has 4 N–H and O–H groups in total. The normalized spacial score (nSPS) is 12.7. The summed E-state index contributed by atoms with van der Waals surface area (Å²) in [5.41, 5.74) is 0. The third kappa shape index (κ3) is 3.14. The predicted molar refractivity (Wildman–Crippen MR) is 54.2 cm³/mol. The number of primary sulfonamides is 2. The third-order valence-corrected chi connectivity index (χ3v) is 3.51. The Kier molecular flexibility index (Phi) is 3.08. The van der Waals surface area contributed by atoms with E-state index in [-0.39, 0.29) is 5.02 Å². The Hall–Kier alpha value is -0.670. The van der Waals surface area contributed by atoms with Gasteiger partial charge in [-0.25, -0.2) is 27.1 Å². The van der Waals surface area contributed by atoms with Crippen molar-refractivity contribution in [3.05, 3.63) is 23.2 Å². The Morgan fingerprint density at radius 2 is 1.20 bits per heavy atom. The molecule has 0 saturated carbocycles. The molecule has 0 aliphatic carbocycles. The Morgan fingerprint density at radius 1 is 0.867 bits per heavy atom. The van der Waals surface area contributed by atoms with Crippen LogP contribution in [-0.2, 0) is 20.0 Å². The first-order chi connectivity index (χ1) is 6.60. The fourth-order valence-corrected chi connectivity index (χ4v) is 2.47. The van der Waals surface area contributed by atoms with E-state index in [2.05, 4.69) is 0 Å². The van der Waals surface area contributed by atoms with Crippen LogP contribution in [0.15, 0.2) is 28.0 Å². The lowest BCUT2D eigenvalue weighted by Gasteiger charge is -2.02. The van der Waals surface area contributed by atoms with Crippen LogP contribution in [0.25, 0.3) is 0 Å². The highest BCUT2D eigenvalue weighted by atomic mass is 35.5. The van der Waals surface area contributed by atoms with Crippen LogP contribution >= 0.6 is 11.6 Å². The number of sulfonamides is 2. The van der Waals surface area contributed by atoms with Gasteiger partial charge < -0.3 is 0 Å². The van der Waals surface area contributed by atoms with E-state index in [1.165, 1.54) is 0 Å². The first-order valence-corrected chi connectivity index (χ1v) is 6.94. The van der Waals surface area contributed by atoms with Crippen LogP contribution in [-0.4, -0.2) is 16.8 Å². The summed E-state index contributed by atoms with van der Waals surface area (Å²) < 4.78 is 43.8. The van der Waals surface area contributed by atoms with E-state index in [0.717, 1.165) is 18.2 Å². The van der Waals surface area contributed by atoms with Crippen molar-refractivity contribution >= 4 is 31.6 Å². The van der Waals surface area contributed by atoms with Crippen molar-refractivity contribution in [1.82, 2.24) is 0 Å². The summed E-state index contributed by atoms with van der Waals surface area (Å²) in [4.78, 5) is -0.807. The smallest absolute Gasteiger partial charge is 0.225 e. The summed E-state index contributed by atoms with van der Waals surface area (Å²) >= 11 is 5.52. The summed E-state index contributed by atoms with van der Waals surface area (Å²) in [7, 11) is -8.03. The fourth-order valence-electron chi connectivity index (χ4n) is 0.866. The maximum atomic E-state index is 10.9. The summed E-state index contributed by atoms with van der Waals surface area (Å²) in [5.74, 6) is 0. The monoisotopic (exact) mass is 270 g/mol. The van der Waals surface area contributed by atoms with Crippen LogP contribution in [0.4, 0.5) is 0 Å². The highest BCUT2D eigenvalue weighted by Gasteiger charge is 2.15. The number of hydrogen-bond donors (Lipinski definition) is 2. The second kappa shape index (κ2) is 3.72. The van der Waals surface area contributed by atoms with Gasteiger partial charge in [0.1, 0.15) is 0 Å². The van der Waals surface area contributed by atoms with Gasteiger partial charge in [-0.1, -0.05) is 11.6 Å². The van der Waals surface area contributed by atoms with Crippen molar-refractivity contribution in [2.24, 2.45) is 10.3 Å². The summed E-state index contributed by atoms with van der Waals surface area (Å²) in [5, 5.41) is 9.55. The Balaban J connectivity index is 3.57. The molecule has 1 rings (SSSR count). The molecule has 0 aliphatic heterocycles. The van der Waals surface area contributed by atoms with Gasteiger partial charge in [0.25, 0.3) is 0 Å². The van der Waals surface area contributed by atoms with E-state index in [0.29, 0.717) is 0 Å². The average molecular weight is 271 g/mol. The topological polar surface area (TPSA) is 120 Å². The van der Waals surface area contributed by atoms with Gasteiger partial charge in [0, 0.05) is 5.02 Å². The highest BCUT2D eigenvalue weighted by Crippen LogP contribution is 2.20. The van der Waals surface area contributed by atoms with Gasteiger partial charge in [-0.15, -0.1) is 0 Å². The highest BCUT2D eigenvalue weighted by molar-refractivity contribution is 7.90. The molecule has 0 unspecified atom stereocenters. The van der Waals surface area contributed by atoms with E-state index in [1.54, 1.807) is 0 Å². The zero-order valence-electron chi connectivity index (χ0n) is 7.21. The van der Waals surface area contributed by atoms with E-state index >= 15 is 0 Å². The molecular weight excluding hydrogens is 264 g/mol. The minimum absolute atomic E-state index is 0.0782. The van der Waals surface area contributed by atoms with Gasteiger partial charge in [0.15, 0.2) is 0 Å². The van der Waals surface area contributed by atoms with Crippen LogP contribution in [0.3, 0.4) is 0 Å². The molecule has 15 heavy (non-hydrogen) atoms. The van der Waals surface area contributed by atoms with Crippen LogP contribution in [0, 0.1) is 0 Å². The van der Waals surface area contributed by atoms with Crippen LogP contribution in [0.1, 0.15) is 0 Å². The summed E-state index contributed by atoms with van der Waals surface area (Å²) in [6, 6.07) is 2.91. The molecule has 0 spiro atoms. The molecule has 0 aromatic heterocycles. The largest absolute Gasteiger partial charge is 0.238 e. The number of benzene rings is 1. The number of rotatable bonds is 2. The molecule has 0 saturated heterocycles. The minimum atomic E-state index is -4.01. The Morgan fingerprint density at radius 3 is 1.47 bits per heavy atom. The second-order valence-electron chi connectivity index (χ2n) is 2.71. The molecule has 6 nitrogen and oxygen atoms in total. The van der Waals surface area contributed by atoms with E-state index < -0.39 is 29.8 Å². The summed E-state index contributed by atoms with van der Waals surface area (Å²) in [6.45, 7) is 0. The first kappa shape index (κ1) is 12.4. The minimum Gasteiger partial charge on any atom is -0.225 e. The molecule has 9 heteroatoms. The van der Waals surface area contributed by atoms with Gasteiger partial charge in [-0.2, -0.15) is 0 Å². The molecule has 0 fully saturated rings. The first-order valence-electron chi connectivity index (χ1n) is 3.47. The molecule has 84 valence electrons. The van der Waals surface area contributed by atoms with Gasteiger partial charge >= 0.3 is 0 Å². The van der Waals surface area contributed by atoms with E-state index in [1.807, 2.05) is 0 Å². The van der Waals surface area contributed by atoms with Crippen molar-refractivity contribution in [3.8, 4) is 0 Å². The molecule has 0 bridgehead atoms. The van der Waals surface area contributed by atoms with Crippen LogP contribution < -0.4 is 10.3 Å². The van der Waals surface area contributed by atoms with Crippen molar-refractivity contribution < 1.29 is 16.8 Å². The zero-order valence-corrected chi connectivity index (χ0v) is 9.60. The Labute approximate surface area is 91.9 Å². The standard InChI is InChI=1S/C6H7ClN2O4S2/c7-4-1-5(14(8,10)11)3-6(2-4)15(9,12)13/h1-3H,(H2,8,10,11)(H2,9,12,13). The molecule has 1 aromatic carbocycles. The lowest BCUT2D eigenvalue weighted by molar-refractivity contribution is 0.596. The molecule has 0 amide bonds. The Bertz CT molecular complexity index is 543. The predicted octanol–water partition coefficient (Wildman–Crippen LogP) is -0.365.